The molecule has 0 radical (unpaired) electrons. The van der Waals surface area contributed by atoms with Gasteiger partial charge in [0.05, 0.1) is 13.1 Å². The lowest BCUT2D eigenvalue weighted by atomic mass is 9.97. The monoisotopic (exact) mass is 270 g/mol. The van der Waals surface area contributed by atoms with Crippen LogP contribution in [-0.4, -0.2) is 64.8 Å². The molecule has 1 atom stereocenters. The molecule has 1 N–H and O–H groups in total. The summed E-state index contributed by atoms with van der Waals surface area (Å²) >= 11 is 0. The van der Waals surface area contributed by atoms with E-state index in [2.05, 4.69) is 6.92 Å². The lowest BCUT2D eigenvalue weighted by molar-refractivity contribution is -0.160. The number of urea groups is 1. The second kappa shape index (κ2) is 5.36. The minimum Gasteiger partial charge on any atom is -0.480 e. The third-order valence-corrected chi connectivity index (χ3v) is 3.96. The molecule has 1 unspecified atom stereocenters. The molecular weight excluding hydrogens is 248 g/mol. The van der Waals surface area contributed by atoms with Crippen molar-refractivity contribution in [3.63, 3.8) is 0 Å². The van der Waals surface area contributed by atoms with Gasteiger partial charge in [-0.2, -0.15) is 0 Å². The molecule has 0 saturated carbocycles. The Morgan fingerprint density at radius 1 is 1.42 bits per heavy atom. The topological polar surface area (TPSA) is 70.1 Å². The Kier molecular flexibility index (Phi) is 3.99. The Morgan fingerprint density at radius 2 is 2.11 bits per heavy atom. The van der Waals surface area contributed by atoms with Gasteiger partial charge in [0.25, 0.3) is 0 Å². The summed E-state index contributed by atoms with van der Waals surface area (Å²) in [4.78, 5) is 26.5. The van der Waals surface area contributed by atoms with Crippen LogP contribution in [0.3, 0.4) is 0 Å². The number of hydrogen-bond donors (Lipinski definition) is 1. The van der Waals surface area contributed by atoms with Gasteiger partial charge in [-0.1, -0.05) is 6.92 Å². The lowest BCUT2D eigenvalue weighted by Gasteiger charge is -2.48. The first-order chi connectivity index (χ1) is 8.95. The van der Waals surface area contributed by atoms with E-state index in [0.717, 1.165) is 25.8 Å². The zero-order valence-electron chi connectivity index (χ0n) is 11.6. The highest BCUT2D eigenvalue weighted by Gasteiger charge is 2.45. The van der Waals surface area contributed by atoms with E-state index in [9.17, 15) is 9.59 Å². The third-order valence-electron chi connectivity index (χ3n) is 3.96. The maximum atomic E-state index is 12.3. The predicted octanol–water partition coefficient (Wildman–Crippen LogP) is 1.16. The summed E-state index contributed by atoms with van der Waals surface area (Å²) in [6.45, 7) is 5.44. The fourth-order valence-electron chi connectivity index (χ4n) is 2.92. The third kappa shape index (κ3) is 3.00. The summed E-state index contributed by atoms with van der Waals surface area (Å²) in [5.41, 5.74) is -0.504. The molecule has 2 amide bonds. The van der Waals surface area contributed by atoms with Crippen LogP contribution in [0.4, 0.5) is 4.79 Å². The van der Waals surface area contributed by atoms with Gasteiger partial charge in [-0.15, -0.1) is 0 Å². The van der Waals surface area contributed by atoms with Crippen LogP contribution in [0.2, 0.25) is 0 Å². The van der Waals surface area contributed by atoms with E-state index < -0.39 is 11.6 Å². The van der Waals surface area contributed by atoms with Crippen molar-refractivity contribution in [3.05, 3.63) is 0 Å². The van der Waals surface area contributed by atoms with Crippen molar-refractivity contribution in [2.45, 2.75) is 44.8 Å². The summed E-state index contributed by atoms with van der Waals surface area (Å²) < 4.78 is 5.31. The highest BCUT2D eigenvalue weighted by molar-refractivity contribution is 5.76. The van der Waals surface area contributed by atoms with Gasteiger partial charge in [-0.25, -0.2) is 9.59 Å². The molecule has 0 aromatic rings. The number of amides is 2. The second-order valence-corrected chi connectivity index (χ2v) is 5.67. The zero-order chi connectivity index (χ0) is 14.0. The Bertz CT molecular complexity index is 366. The molecule has 2 saturated heterocycles. The van der Waals surface area contributed by atoms with E-state index in [1.807, 2.05) is 11.8 Å². The molecule has 6 nitrogen and oxygen atoms in total. The maximum absolute atomic E-state index is 12.3. The fraction of sp³-hybridized carbons (Fsp3) is 0.846. The Labute approximate surface area is 113 Å². The average Bonchev–Trinajstić information content (AvgIpc) is 2.80. The summed E-state index contributed by atoms with van der Waals surface area (Å²) in [6.07, 6.45) is 3.15. The van der Waals surface area contributed by atoms with Gasteiger partial charge in [-0.05, 0) is 26.2 Å². The fourth-order valence-corrected chi connectivity index (χ4v) is 2.92. The standard InChI is InChI=1S/C13H22N2O4/c1-3-10-5-4-6-15(10)12(18)14-8-13(2,9-14)19-7-11(16)17/h10H,3-9H2,1-2H3,(H,16,17). The van der Waals surface area contributed by atoms with E-state index in [4.69, 9.17) is 9.84 Å². The maximum Gasteiger partial charge on any atom is 0.329 e. The molecule has 108 valence electrons. The SMILES string of the molecule is CCC1CCCN1C(=O)N1CC(C)(OCC(=O)O)C1. The molecule has 0 spiro atoms. The summed E-state index contributed by atoms with van der Waals surface area (Å²) in [5.74, 6) is -0.975. The number of carboxylic acids is 1. The quantitative estimate of drug-likeness (QED) is 0.832. The van der Waals surface area contributed by atoms with E-state index in [1.165, 1.54) is 0 Å². The number of carbonyl (C=O) groups is 2. The largest absolute Gasteiger partial charge is 0.480 e. The first-order valence-electron chi connectivity index (χ1n) is 6.86. The Balaban J connectivity index is 1.82. The molecule has 0 aliphatic carbocycles. The van der Waals surface area contributed by atoms with Crippen LogP contribution in [0.15, 0.2) is 0 Å². The summed E-state index contributed by atoms with van der Waals surface area (Å²) in [6, 6.07) is 0.431. The summed E-state index contributed by atoms with van der Waals surface area (Å²) in [5, 5.41) is 8.60. The van der Waals surface area contributed by atoms with Crippen LogP contribution >= 0.6 is 0 Å². The number of likely N-dealkylation sites (tertiary alicyclic amines) is 2. The van der Waals surface area contributed by atoms with E-state index in [1.54, 1.807) is 4.90 Å². The number of hydrogen-bond acceptors (Lipinski definition) is 3. The zero-order valence-corrected chi connectivity index (χ0v) is 11.6. The van der Waals surface area contributed by atoms with Gasteiger partial charge in [0, 0.05) is 12.6 Å². The smallest absolute Gasteiger partial charge is 0.329 e. The van der Waals surface area contributed by atoms with Crippen molar-refractivity contribution < 1.29 is 19.4 Å². The minimum absolute atomic E-state index is 0.0701. The molecule has 0 bridgehead atoms. The van der Waals surface area contributed by atoms with Crippen LogP contribution < -0.4 is 0 Å². The first-order valence-corrected chi connectivity index (χ1v) is 6.86. The lowest BCUT2D eigenvalue weighted by Crippen LogP contribution is -2.66. The molecule has 2 aliphatic heterocycles. The molecule has 2 fully saturated rings. The molecule has 0 aromatic heterocycles. The van der Waals surface area contributed by atoms with Crippen LogP contribution in [0.5, 0.6) is 0 Å². The molecule has 2 aliphatic rings. The van der Waals surface area contributed by atoms with Gasteiger partial charge in [-0.3, -0.25) is 0 Å². The van der Waals surface area contributed by atoms with Gasteiger partial charge < -0.3 is 19.6 Å². The molecule has 2 rings (SSSR count). The van der Waals surface area contributed by atoms with Crippen molar-refractivity contribution in [1.29, 1.82) is 0 Å². The van der Waals surface area contributed by atoms with Crippen molar-refractivity contribution >= 4 is 12.0 Å². The Morgan fingerprint density at radius 3 is 2.68 bits per heavy atom. The molecular formula is C13H22N2O4. The van der Waals surface area contributed by atoms with Gasteiger partial charge in [0.1, 0.15) is 12.2 Å². The Hall–Kier alpha value is -1.30. The normalized spacial score (nSPS) is 25.3. The number of aliphatic carboxylic acids is 1. The van der Waals surface area contributed by atoms with Crippen molar-refractivity contribution in [2.75, 3.05) is 26.2 Å². The minimum atomic E-state index is -0.975. The van der Waals surface area contributed by atoms with Crippen LogP contribution in [0.1, 0.15) is 33.1 Å². The van der Waals surface area contributed by atoms with Gasteiger partial charge in [0.15, 0.2) is 0 Å². The highest BCUT2D eigenvalue weighted by Crippen LogP contribution is 2.29. The van der Waals surface area contributed by atoms with Crippen molar-refractivity contribution in [2.24, 2.45) is 0 Å². The number of nitrogens with zero attached hydrogens (tertiary/aromatic N) is 2. The van der Waals surface area contributed by atoms with Gasteiger partial charge in [0.2, 0.25) is 0 Å². The molecule has 19 heavy (non-hydrogen) atoms. The van der Waals surface area contributed by atoms with Gasteiger partial charge >= 0.3 is 12.0 Å². The predicted molar refractivity (Wildman–Crippen MR) is 69.0 cm³/mol. The summed E-state index contributed by atoms with van der Waals surface area (Å²) in [7, 11) is 0. The second-order valence-electron chi connectivity index (χ2n) is 5.67. The van der Waals surface area contributed by atoms with Crippen LogP contribution in [0, 0.1) is 0 Å². The molecule has 2 heterocycles. The highest BCUT2D eigenvalue weighted by atomic mass is 16.5. The van der Waals surface area contributed by atoms with E-state index >= 15 is 0 Å². The first kappa shape index (κ1) is 14.1. The number of ether oxygens (including phenoxy) is 1. The van der Waals surface area contributed by atoms with Crippen LogP contribution in [0.25, 0.3) is 0 Å². The van der Waals surface area contributed by atoms with E-state index in [-0.39, 0.29) is 12.6 Å². The molecule has 0 aromatic carbocycles. The van der Waals surface area contributed by atoms with Crippen molar-refractivity contribution in [1.82, 2.24) is 9.80 Å². The number of rotatable bonds is 4. The van der Waals surface area contributed by atoms with E-state index in [0.29, 0.717) is 19.1 Å². The van der Waals surface area contributed by atoms with Crippen LogP contribution in [-0.2, 0) is 9.53 Å². The number of carbonyl (C=O) groups excluding carboxylic acids is 1. The molecule has 6 heteroatoms. The average molecular weight is 270 g/mol. The van der Waals surface area contributed by atoms with Crippen molar-refractivity contribution in [3.8, 4) is 0 Å². The number of carboxylic acid groups (broad SMARTS) is 1.